The average molecular weight is 1390 g/mol. The fraction of sp³-hybridized carbons (Fsp3) is 0.448. The van der Waals surface area contributed by atoms with Crippen LogP contribution in [-0.4, -0.2) is 129 Å². The van der Waals surface area contributed by atoms with E-state index in [9.17, 15) is 18.4 Å². The highest BCUT2D eigenvalue weighted by molar-refractivity contribution is 8.00. The molecule has 17 N–H and O–H groups in total. The topological polar surface area (TPSA) is 355 Å². The van der Waals surface area contributed by atoms with Gasteiger partial charge in [-0.05, 0) is 104 Å². The molecule has 3 saturated heterocycles. The molecule has 490 valence electrons. The van der Waals surface area contributed by atoms with Crippen LogP contribution in [0, 0.1) is 0 Å². The van der Waals surface area contributed by atoms with Gasteiger partial charge in [-0.15, -0.1) is 0 Å². The lowest BCUT2D eigenvalue weighted by Gasteiger charge is -2.37. The quantitative estimate of drug-likeness (QED) is 0.0480. The Labute approximate surface area is 554 Å². The highest BCUT2D eigenvalue weighted by Gasteiger charge is 2.37. The minimum absolute atomic E-state index is 0.0313. The molecule has 0 bridgehead atoms. The molecule has 6 aromatic rings. The Bertz CT molecular complexity index is 3400. The summed E-state index contributed by atoms with van der Waals surface area (Å²) in [5, 5.41) is 11.3. The number of benzene rings is 3. The van der Waals surface area contributed by atoms with E-state index in [4.69, 9.17) is 96.0 Å². The number of ether oxygens (including phenoxy) is 2. The van der Waals surface area contributed by atoms with E-state index in [-0.39, 0.29) is 49.3 Å². The van der Waals surface area contributed by atoms with Crippen LogP contribution in [0.25, 0.3) is 0 Å². The zero-order valence-corrected chi connectivity index (χ0v) is 56.1. The van der Waals surface area contributed by atoms with Crippen molar-refractivity contribution in [2.75, 3.05) is 103 Å². The minimum Gasteiger partial charge on any atom is -0.444 e. The van der Waals surface area contributed by atoms with Crippen molar-refractivity contribution in [1.82, 2.24) is 45.9 Å². The van der Waals surface area contributed by atoms with Crippen LogP contribution in [0.5, 0.6) is 0 Å². The van der Waals surface area contributed by atoms with Crippen LogP contribution < -0.4 is 65.9 Å². The first-order valence-electron chi connectivity index (χ1n) is 28.4. The molecule has 32 heteroatoms. The van der Waals surface area contributed by atoms with Crippen molar-refractivity contribution < 1.29 is 32.2 Å². The summed E-state index contributed by atoms with van der Waals surface area (Å²) in [6.45, 7) is 13.8. The van der Waals surface area contributed by atoms with Crippen LogP contribution in [0.1, 0.15) is 80.1 Å². The number of carbonyl (C=O) groups is 2. The first-order chi connectivity index (χ1) is 42.3. The Balaban J connectivity index is 0.000000199. The number of alkyl carbamates (subject to hydrolysis) is 2. The molecule has 0 saturated carbocycles. The van der Waals surface area contributed by atoms with Gasteiger partial charge in [-0.3, -0.25) is 0 Å². The highest BCUT2D eigenvalue weighted by Crippen LogP contribution is 2.41. The van der Waals surface area contributed by atoms with Gasteiger partial charge < -0.3 is 75.4 Å². The number of nitrogens with zero attached hydrogens (tertiary/aromatic N) is 8. The number of hydrogen-bond acceptors (Lipinski definition) is 23. The van der Waals surface area contributed by atoms with Crippen LogP contribution in [0.4, 0.5) is 68.9 Å². The predicted molar refractivity (Wildman–Crippen MR) is 358 cm³/mol. The molecule has 90 heavy (non-hydrogen) atoms. The summed E-state index contributed by atoms with van der Waals surface area (Å²) in [5.41, 5.74) is 37.0. The predicted octanol–water partition coefficient (Wildman–Crippen LogP) is 11.7. The van der Waals surface area contributed by atoms with E-state index in [1.165, 1.54) is 41.5 Å². The van der Waals surface area contributed by atoms with Crippen molar-refractivity contribution in [3.05, 3.63) is 93.4 Å². The summed E-state index contributed by atoms with van der Waals surface area (Å²) in [6.07, 6.45) is 5.61. The fourth-order valence-corrected chi connectivity index (χ4v) is 11.9. The van der Waals surface area contributed by atoms with Gasteiger partial charge in [0.05, 0.1) is 63.8 Å². The average Bonchev–Trinajstić information content (AvgIpc) is 1.33. The maximum atomic E-state index is 15.1. The van der Waals surface area contributed by atoms with E-state index in [1.54, 1.807) is 78.2 Å². The largest absolute Gasteiger partial charge is 0.444 e. The molecule has 3 aliphatic rings. The van der Waals surface area contributed by atoms with Crippen molar-refractivity contribution in [1.29, 1.82) is 0 Å². The summed E-state index contributed by atoms with van der Waals surface area (Å²) >= 11 is 28.1. The van der Waals surface area contributed by atoms with E-state index in [2.05, 4.69) is 45.9 Å². The zero-order chi connectivity index (χ0) is 66.2. The molecule has 2 amide bonds. The second-order valence-electron chi connectivity index (χ2n) is 23.1. The van der Waals surface area contributed by atoms with Crippen LogP contribution in [-0.2, 0) is 9.47 Å². The zero-order valence-electron chi connectivity index (χ0n) is 50.7. The van der Waals surface area contributed by atoms with E-state index in [0.717, 1.165) is 14.7 Å². The standard InChI is InChI=1S/C21H28ClFN6O2S.C16H20ClFN6S.C11H21FN2O2.C10H8Cl2N4S/c1-20(2,3)31-19(30)27-12-21(23)7-9-29(10-8-21)15-11-26-18(17(25)28-15)32-14-6-4-5-13(24)16(14)22;17-13-10(20)2-1-3-11(13)25-15-14(21)23-12(8-22-15)24-6-4-16(18,9-19)5-7-24;1-10(2,3)16-9(15)14-8-11(12)4-6-13-7-5-11;11-7-4-15-10(9(14)16-7)17-6-3-1-2-5(13)8(6)12/h4-6,11H,7-10,12,24H2,1-3H3,(H2,25,28)(H,27,30);1-3,8H,4-7,9,19-20H2,(H2,21,23);13H,4-8H2,1-3H3,(H,14,15);1-4H,13H2,(H2,14,16). The molecule has 0 atom stereocenters. The van der Waals surface area contributed by atoms with E-state index >= 15 is 4.39 Å². The summed E-state index contributed by atoms with van der Waals surface area (Å²) in [7, 11) is 0. The molecule has 3 fully saturated rings. The molecule has 0 unspecified atom stereocenters. The van der Waals surface area contributed by atoms with Crippen LogP contribution in [0.15, 0.2) is 103 Å². The van der Waals surface area contributed by atoms with Crippen molar-refractivity contribution in [3.8, 4) is 0 Å². The van der Waals surface area contributed by atoms with Crippen molar-refractivity contribution in [3.63, 3.8) is 0 Å². The number of alkyl halides is 3. The van der Waals surface area contributed by atoms with Gasteiger partial charge >= 0.3 is 12.2 Å². The van der Waals surface area contributed by atoms with Gasteiger partial charge in [-0.2, -0.15) is 0 Å². The molecule has 0 spiro atoms. The third-order valence-corrected chi connectivity index (χ3v) is 18.6. The second kappa shape index (κ2) is 32.4. The maximum Gasteiger partial charge on any atom is 0.407 e. The molecular formula is C58H77Cl4F3N18O4S3. The summed E-state index contributed by atoms with van der Waals surface area (Å²) in [5.74, 6) is 2.04. The Morgan fingerprint density at radius 3 is 1.21 bits per heavy atom. The Morgan fingerprint density at radius 1 is 0.544 bits per heavy atom. The first kappa shape index (κ1) is 72.8. The first-order valence-corrected chi connectivity index (χ1v) is 32.3. The number of rotatable bonds is 13. The van der Waals surface area contributed by atoms with Crippen molar-refractivity contribution >= 4 is 140 Å². The van der Waals surface area contributed by atoms with Crippen molar-refractivity contribution in [2.24, 2.45) is 5.73 Å². The molecule has 3 aromatic heterocycles. The molecule has 6 heterocycles. The molecule has 0 radical (unpaired) electrons. The molecule has 0 aliphatic carbocycles. The molecule has 3 aliphatic heterocycles. The molecule has 22 nitrogen and oxygen atoms in total. The summed E-state index contributed by atoms with van der Waals surface area (Å²) < 4.78 is 53.6. The molecule has 3 aromatic carbocycles. The number of nitrogens with two attached hydrogens (primary N) is 7. The van der Waals surface area contributed by atoms with E-state index in [1.807, 2.05) is 40.1 Å². The van der Waals surface area contributed by atoms with Gasteiger partial charge in [-0.25, -0.2) is 52.7 Å². The number of aromatic nitrogens is 6. The normalized spacial score (nSPS) is 15.9. The Hall–Kier alpha value is -6.24. The highest BCUT2D eigenvalue weighted by atomic mass is 35.5. The monoisotopic (exact) mass is 1380 g/mol. The van der Waals surface area contributed by atoms with Crippen LogP contribution in [0.3, 0.4) is 0 Å². The van der Waals surface area contributed by atoms with Crippen LogP contribution in [0.2, 0.25) is 20.2 Å². The number of nitrogen functional groups attached to an aromatic ring is 6. The third-order valence-electron chi connectivity index (χ3n) is 13.6. The lowest BCUT2D eigenvalue weighted by Crippen LogP contribution is -2.49. The summed E-state index contributed by atoms with van der Waals surface area (Å²) in [6, 6.07) is 16.1. The number of halogens is 7. The minimum atomic E-state index is -1.51. The van der Waals surface area contributed by atoms with Crippen molar-refractivity contribution in [2.45, 2.75) is 138 Å². The van der Waals surface area contributed by atoms with Gasteiger partial charge in [0.25, 0.3) is 0 Å². The summed E-state index contributed by atoms with van der Waals surface area (Å²) in [4.78, 5) is 55.0. The van der Waals surface area contributed by atoms with E-state index in [0.29, 0.717) is 130 Å². The Kier molecular flexibility index (Phi) is 26.2. The lowest BCUT2D eigenvalue weighted by atomic mass is 9.93. The second-order valence-corrected chi connectivity index (χ2v) is 27.7. The van der Waals surface area contributed by atoms with Gasteiger partial charge in [0, 0.05) is 73.1 Å². The number of amides is 2. The van der Waals surface area contributed by atoms with Crippen LogP contribution >= 0.6 is 81.7 Å². The lowest BCUT2D eigenvalue weighted by molar-refractivity contribution is 0.0441. The number of nitrogens with one attached hydrogen (secondary N) is 3. The SMILES string of the molecule is CC(C)(C)OC(=O)NCC1(F)CCN(c2cnc(Sc3cccc(N)c3Cl)c(N)n2)CC1.CC(C)(C)OC(=O)NCC1(F)CCNCC1.NCC1(F)CCN(c2cnc(Sc3cccc(N)c3Cl)c(N)n2)CC1.Nc1cccc(Sc2ncc(Cl)nc2N)c1Cl. The number of hydrogen-bond donors (Lipinski definition) is 10. The van der Waals surface area contributed by atoms with Gasteiger partial charge in [-0.1, -0.05) is 99.9 Å². The third kappa shape index (κ3) is 22.6. The Morgan fingerprint density at radius 2 is 0.878 bits per heavy atom. The number of anilines is 8. The van der Waals surface area contributed by atoms with Gasteiger partial charge in [0.15, 0.2) is 17.5 Å². The smallest absolute Gasteiger partial charge is 0.407 e. The number of piperidine rings is 3. The molecular weight excluding hydrogens is 1310 g/mol. The van der Waals surface area contributed by atoms with Gasteiger partial charge in [0.1, 0.15) is 60.1 Å². The fourth-order valence-electron chi connectivity index (χ4n) is 8.60. The molecule has 9 rings (SSSR count). The maximum absolute atomic E-state index is 15.1. The number of carbonyl (C=O) groups excluding carboxylic acids is 2. The van der Waals surface area contributed by atoms with E-state index < -0.39 is 40.4 Å². The van der Waals surface area contributed by atoms with Gasteiger partial charge in [0.2, 0.25) is 0 Å².